The number of non-ortho nitro benzene ring substituents is 1. The number of carbonyl (C=O) groups is 1. The molecule has 0 aliphatic heterocycles. The van der Waals surface area contributed by atoms with Crippen LogP contribution in [0.3, 0.4) is 0 Å². The van der Waals surface area contributed by atoms with E-state index in [0.717, 1.165) is 4.47 Å². The van der Waals surface area contributed by atoms with Gasteiger partial charge in [-0.2, -0.15) is 5.10 Å². The van der Waals surface area contributed by atoms with Crippen LogP contribution in [0.5, 0.6) is 5.75 Å². The molecule has 142 valence electrons. The predicted molar refractivity (Wildman–Crippen MR) is 107 cm³/mol. The van der Waals surface area contributed by atoms with Crippen molar-refractivity contribution in [2.45, 2.75) is 26.7 Å². The van der Waals surface area contributed by atoms with Crippen molar-refractivity contribution in [2.75, 3.05) is 6.61 Å². The third-order valence-corrected chi connectivity index (χ3v) is 4.45. The van der Waals surface area contributed by atoms with Crippen molar-refractivity contribution in [3.8, 4) is 5.75 Å². The topological polar surface area (TPSA) is 93.8 Å². The fourth-order valence-electron chi connectivity index (χ4n) is 2.20. The van der Waals surface area contributed by atoms with Gasteiger partial charge in [-0.25, -0.2) is 5.43 Å². The Morgan fingerprint density at radius 1 is 1.26 bits per heavy atom. The third-order valence-electron chi connectivity index (χ3n) is 3.83. The second-order valence-corrected chi connectivity index (χ2v) is 7.02. The van der Waals surface area contributed by atoms with Gasteiger partial charge >= 0.3 is 0 Å². The molecule has 2 aromatic carbocycles. The Balaban J connectivity index is 1.91. The number of ether oxygens (including phenoxy) is 1. The molecule has 0 atom stereocenters. The molecule has 7 nitrogen and oxygen atoms in total. The molecule has 0 aliphatic rings. The summed E-state index contributed by atoms with van der Waals surface area (Å²) in [6.45, 7) is 5.71. The third kappa shape index (κ3) is 5.89. The van der Waals surface area contributed by atoms with Crippen LogP contribution in [0, 0.1) is 10.1 Å². The van der Waals surface area contributed by atoms with Crippen LogP contribution in [-0.2, 0) is 4.79 Å². The van der Waals surface area contributed by atoms with E-state index in [0.29, 0.717) is 22.9 Å². The zero-order chi connectivity index (χ0) is 20.0. The largest absolute Gasteiger partial charge is 0.483 e. The van der Waals surface area contributed by atoms with Crippen molar-refractivity contribution in [3.05, 3.63) is 68.2 Å². The number of hydrogen-bond donors (Lipinski definition) is 1. The van der Waals surface area contributed by atoms with Crippen molar-refractivity contribution in [2.24, 2.45) is 5.10 Å². The number of nitro groups is 1. The van der Waals surface area contributed by atoms with E-state index in [1.54, 1.807) is 19.1 Å². The van der Waals surface area contributed by atoms with Gasteiger partial charge in [0.05, 0.1) is 15.1 Å². The number of nitrogens with one attached hydrogen (secondary N) is 1. The van der Waals surface area contributed by atoms with Crippen LogP contribution in [0.4, 0.5) is 5.69 Å². The van der Waals surface area contributed by atoms with Crippen molar-refractivity contribution in [3.63, 3.8) is 0 Å². The summed E-state index contributed by atoms with van der Waals surface area (Å²) < 4.78 is 6.29. The average Bonchev–Trinajstić information content (AvgIpc) is 2.64. The average molecular weight is 434 g/mol. The number of carbonyl (C=O) groups excluding carboxylic acids is 1. The highest BCUT2D eigenvalue weighted by atomic mass is 79.9. The molecule has 0 aliphatic carbocycles. The molecular weight excluding hydrogens is 414 g/mol. The lowest BCUT2D eigenvalue weighted by Crippen LogP contribution is -2.25. The lowest BCUT2D eigenvalue weighted by molar-refractivity contribution is -0.384. The maximum atomic E-state index is 11.9. The lowest BCUT2D eigenvalue weighted by atomic mass is 10.0. The van der Waals surface area contributed by atoms with Crippen LogP contribution >= 0.6 is 15.9 Å². The standard InChI is InChI=1S/C19H20BrN3O4/c1-12(2)15-6-9-18(17(20)10-15)27-11-19(24)22-21-13(3)14-4-7-16(8-5-14)23(25)26/h4-10,12H,11H2,1-3H3,(H,22,24)/b21-13+. The lowest BCUT2D eigenvalue weighted by Gasteiger charge is -2.11. The molecule has 8 heteroatoms. The highest BCUT2D eigenvalue weighted by Crippen LogP contribution is 2.28. The fourth-order valence-corrected chi connectivity index (χ4v) is 2.71. The first-order valence-electron chi connectivity index (χ1n) is 8.28. The molecule has 0 spiro atoms. The maximum absolute atomic E-state index is 11.9. The van der Waals surface area contributed by atoms with Crippen LogP contribution in [0.25, 0.3) is 0 Å². The second kappa shape index (κ2) is 9.27. The minimum absolute atomic E-state index is 0.00181. The Morgan fingerprint density at radius 3 is 2.48 bits per heavy atom. The molecule has 0 unspecified atom stereocenters. The van der Waals surface area contributed by atoms with E-state index in [2.05, 4.69) is 40.3 Å². The van der Waals surface area contributed by atoms with Gasteiger partial charge in [0.2, 0.25) is 0 Å². The summed E-state index contributed by atoms with van der Waals surface area (Å²) in [5, 5.41) is 14.7. The molecule has 0 saturated carbocycles. The van der Waals surface area contributed by atoms with Crippen LogP contribution in [-0.4, -0.2) is 23.1 Å². The van der Waals surface area contributed by atoms with Crippen LogP contribution in [0.2, 0.25) is 0 Å². The predicted octanol–water partition coefficient (Wildman–Crippen LogP) is 4.40. The Labute approximate surface area is 165 Å². The summed E-state index contributed by atoms with van der Waals surface area (Å²) in [6.07, 6.45) is 0. The second-order valence-electron chi connectivity index (χ2n) is 6.17. The molecule has 1 N–H and O–H groups in total. The van der Waals surface area contributed by atoms with Crippen molar-refractivity contribution >= 4 is 33.2 Å². The molecule has 2 rings (SSSR count). The van der Waals surface area contributed by atoms with E-state index in [1.807, 2.05) is 18.2 Å². The smallest absolute Gasteiger partial charge is 0.277 e. The monoisotopic (exact) mass is 433 g/mol. The Bertz CT molecular complexity index is 864. The fraction of sp³-hybridized carbons (Fsp3) is 0.263. The zero-order valence-electron chi connectivity index (χ0n) is 15.2. The minimum atomic E-state index is -0.471. The van der Waals surface area contributed by atoms with Gasteiger partial charge < -0.3 is 4.74 Å². The van der Waals surface area contributed by atoms with Gasteiger partial charge in [0, 0.05) is 12.1 Å². The van der Waals surface area contributed by atoms with Gasteiger partial charge in [-0.05, 0) is 64.2 Å². The molecule has 0 aromatic heterocycles. The van der Waals surface area contributed by atoms with E-state index in [9.17, 15) is 14.9 Å². The number of halogens is 1. The molecular formula is C19H20BrN3O4. The Morgan fingerprint density at radius 2 is 1.93 bits per heavy atom. The molecule has 0 saturated heterocycles. The summed E-state index contributed by atoms with van der Waals surface area (Å²) in [4.78, 5) is 22.1. The van der Waals surface area contributed by atoms with E-state index < -0.39 is 10.8 Å². The molecule has 0 bridgehead atoms. The van der Waals surface area contributed by atoms with Crippen LogP contribution < -0.4 is 10.2 Å². The summed E-state index contributed by atoms with van der Waals surface area (Å²) in [6, 6.07) is 11.7. The van der Waals surface area contributed by atoms with Gasteiger partial charge in [-0.15, -0.1) is 0 Å². The number of benzene rings is 2. The summed E-state index contributed by atoms with van der Waals surface area (Å²) >= 11 is 3.44. The van der Waals surface area contributed by atoms with Gasteiger partial charge in [0.25, 0.3) is 11.6 Å². The first-order chi connectivity index (χ1) is 12.8. The summed E-state index contributed by atoms with van der Waals surface area (Å²) in [5.41, 5.74) is 4.78. The molecule has 0 radical (unpaired) electrons. The van der Waals surface area contributed by atoms with Crippen molar-refractivity contribution < 1.29 is 14.5 Å². The molecule has 27 heavy (non-hydrogen) atoms. The van der Waals surface area contributed by atoms with Gasteiger partial charge in [-0.1, -0.05) is 19.9 Å². The van der Waals surface area contributed by atoms with Crippen LogP contribution in [0.15, 0.2) is 52.0 Å². The Kier molecular flexibility index (Phi) is 7.06. The van der Waals surface area contributed by atoms with Gasteiger partial charge in [0.1, 0.15) is 5.75 Å². The first-order valence-corrected chi connectivity index (χ1v) is 9.07. The quantitative estimate of drug-likeness (QED) is 0.397. The number of hydrogen-bond acceptors (Lipinski definition) is 5. The van der Waals surface area contributed by atoms with Crippen molar-refractivity contribution in [1.29, 1.82) is 0 Å². The number of nitro benzene ring substituents is 1. The molecule has 1 amide bonds. The van der Waals surface area contributed by atoms with Gasteiger partial charge in [0.15, 0.2) is 6.61 Å². The number of rotatable bonds is 7. The van der Waals surface area contributed by atoms with E-state index in [-0.39, 0.29) is 12.3 Å². The first kappa shape index (κ1) is 20.6. The SMILES string of the molecule is C/C(=N\NC(=O)COc1ccc(C(C)C)cc1Br)c1ccc([N+](=O)[O-])cc1. The molecule has 2 aromatic rings. The number of amides is 1. The maximum Gasteiger partial charge on any atom is 0.277 e. The van der Waals surface area contributed by atoms with Crippen LogP contribution in [0.1, 0.15) is 37.8 Å². The summed E-state index contributed by atoms with van der Waals surface area (Å²) in [7, 11) is 0. The summed E-state index contributed by atoms with van der Waals surface area (Å²) in [5.74, 6) is 0.567. The van der Waals surface area contributed by atoms with Gasteiger partial charge in [-0.3, -0.25) is 14.9 Å². The molecule has 0 heterocycles. The van der Waals surface area contributed by atoms with Crippen molar-refractivity contribution in [1.82, 2.24) is 5.43 Å². The van der Waals surface area contributed by atoms with E-state index >= 15 is 0 Å². The Hall–Kier alpha value is -2.74. The van der Waals surface area contributed by atoms with E-state index in [1.165, 1.54) is 17.7 Å². The normalized spacial score (nSPS) is 11.4. The zero-order valence-corrected chi connectivity index (χ0v) is 16.8. The molecule has 0 fully saturated rings. The minimum Gasteiger partial charge on any atom is -0.483 e. The highest BCUT2D eigenvalue weighted by molar-refractivity contribution is 9.10. The number of hydrazone groups is 1. The number of nitrogens with zero attached hydrogens (tertiary/aromatic N) is 2. The van der Waals surface area contributed by atoms with E-state index in [4.69, 9.17) is 4.74 Å². The highest BCUT2D eigenvalue weighted by Gasteiger charge is 2.09.